The minimum Gasteiger partial charge on any atom is -0.469 e. The van der Waals surface area contributed by atoms with E-state index >= 15 is 0 Å². The van der Waals surface area contributed by atoms with Crippen molar-refractivity contribution in [1.29, 1.82) is 0 Å². The number of aliphatic hydroxyl groups is 1. The lowest BCUT2D eigenvalue weighted by Gasteiger charge is -2.33. The third-order valence-electron chi connectivity index (χ3n) is 3.22. The molecule has 2 unspecified atom stereocenters. The fourth-order valence-electron chi connectivity index (χ4n) is 2.60. The van der Waals surface area contributed by atoms with E-state index < -0.39 is 6.29 Å². The van der Waals surface area contributed by atoms with Gasteiger partial charge in [0.1, 0.15) is 5.76 Å². The molecule has 15 heavy (non-hydrogen) atoms. The van der Waals surface area contributed by atoms with Crippen molar-refractivity contribution >= 4 is 5.78 Å². The highest BCUT2D eigenvalue weighted by Gasteiger charge is 2.34. The van der Waals surface area contributed by atoms with Gasteiger partial charge in [0.2, 0.25) is 0 Å². The van der Waals surface area contributed by atoms with Gasteiger partial charge in [-0.05, 0) is 18.8 Å². The second-order valence-corrected chi connectivity index (χ2v) is 4.41. The molecule has 3 nitrogen and oxygen atoms in total. The first-order valence-corrected chi connectivity index (χ1v) is 5.83. The van der Waals surface area contributed by atoms with Crippen LogP contribution in [0.5, 0.6) is 0 Å². The van der Waals surface area contributed by atoms with Crippen molar-refractivity contribution in [2.45, 2.75) is 51.7 Å². The van der Waals surface area contributed by atoms with Crippen molar-refractivity contribution in [3.05, 3.63) is 11.3 Å². The third-order valence-corrected chi connectivity index (χ3v) is 3.22. The average Bonchev–Trinajstić information content (AvgIpc) is 2.17. The van der Waals surface area contributed by atoms with E-state index in [1.165, 1.54) is 0 Å². The molecule has 0 aromatic rings. The average molecular weight is 210 g/mol. The smallest absolute Gasteiger partial charge is 0.197 e. The fourth-order valence-corrected chi connectivity index (χ4v) is 2.60. The third kappa shape index (κ3) is 2.07. The van der Waals surface area contributed by atoms with E-state index in [9.17, 15) is 9.90 Å². The lowest BCUT2D eigenvalue weighted by Crippen LogP contribution is -2.31. The van der Waals surface area contributed by atoms with Crippen LogP contribution in [0.15, 0.2) is 11.3 Å². The van der Waals surface area contributed by atoms with Crippen LogP contribution in [0.25, 0.3) is 0 Å². The maximum absolute atomic E-state index is 11.8. The van der Waals surface area contributed by atoms with Gasteiger partial charge in [0.25, 0.3) is 0 Å². The summed E-state index contributed by atoms with van der Waals surface area (Å²) in [6, 6.07) is 0. The Labute approximate surface area is 90.1 Å². The van der Waals surface area contributed by atoms with E-state index in [0.717, 1.165) is 37.0 Å². The number of rotatable bonds is 2. The van der Waals surface area contributed by atoms with Gasteiger partial charge in [-0.25, -0.2) is 0 Å². The number of Topliss-reactive ketones (excluding diaryl/α,β-unsaturated/α-hetero) is 1. The number of aliphatic hydroxyl groups excluding tert-OH is 1. The van der Waals surface area contributed by atoms with Gasteiger partial charge in [-0.1, -0.05) is 13.3 Å². The standard InChI is InChI=1S/C12H18O3/c1-2-4-8-7-11(14)15-10-6-3-5-9(13)12(8)10/h8,11,14H,2-7H2,1H3. The molecule has 2 rings (SSSR count). The van der Waals surface area contributed by atoms with E-state index in [1.807, 2.05) is 0 Å². The Morgan fingerprint density at radius 3 is 3.00 bits per heavy atom. The fraction of sp³-hybridized carbons (Fsp3) is 0.750. The summed E-state index contributed by atoms with van der Waals surface area (Å²) in [5, 5.41) is 9.56. The number of ketones is 1. The van der Waals surface area contributed by atoms with Crippen LogP contribution < -0.4 is 0 Å². The molecule has 0 aromatic carbocycles. The number of allylic oxidation sites excluding steroid dienone is 2. The molecule has 1 aliphatic heterocycles. The zero-order valence-corrected chi connectivity index (χ0v) is 9.16. The predicted octanol–water partition coefficient (Wildman–Crippen LogP) is 2.15. The summed E-state index contributed by atoms with van der Waals surface area (Å²) in [6.45, 7) is 2.11. The Balaban J connectivity index is 2.26. The minimum atomic E-state index is -0.703. The Morgan fingerprint density at radius 1 is 1.47 bits per heavy atom. The first kappa shape index (κ1) is 10.7. The van der Waals surface area contributed by atoms with E-state index in [0.29, 0.717) is 12.8 Å². The van der Waals surface area contributed by atoms with Crippen molar-refractivity contribution in [1.82, 2.24) is 0 Å². The summed E-state index contributed by atoms with van der Waals surface area (Å²) in [5.74, 6) is 1.23. The number of hydrogen-bond acceptors (Lipinski definition) is 3. The second kappa shape index (κ2) is 4.35. The highest BCUT2D eigenvalue weighted by atomic mass is 16.6. The predicted molar refractivity (Wildman–Crippen MR) is 56.0 cm³/mol. The molecule has 1 N–H and O–H groups in total. The SMILES string of the molecule is CCCC1CC(O)OC2=C1C(=O)CCC2. The van der Waals surface area contributed by atoms with E-state index in [1.54, 1.807) is 0 Å². The van der Waals surface area contributed by atoms with Gasteiger partial charge in [0.15, 0.2) is 12.1 Å². The summed E-state index contributed by atoms with van der Waals surface area (Å²) < 4.78 is 5.35. The minimum absolute atomic E-state index is 0.224. The van der Waals surface area contributed by atoms with Gasteiger partial charge >= 0.3 is 0 Å². The quantitative estimate of drug-likeness (QED) is 0.759. The lowest BCUT2D eigenvalue weighted by molar-refractivity contribution is -0.123. The molecular weight excluding hydrogens is 192 g/mol. The molecule has 0 amide bonds. The molecule has 1 heterocycles. The molecule has 0 aromatic heterocycles. The maximum Gasteiger partial charge on any atom is 0.197 e. The van der Waals surface area contributed by atoms with Crippen molar-refractivity contribution in [3.8, 4) is 0 Å². The molecule has 1 aliphatic carbocycles. The van der Waals surface area contributed by atoms with Crippen LogP contribution in [0.4, 0.5) is 0 Å². The number of hydrogen-bond donors (Lipinski definition) is 1. The van der Waals surface area contributed by atoms with Crippen molar-refractivity contribution in [2.24, 2.45) is 5.92 Å². The van der Waals surface area contributed by atoms with E-state index in [4.69, 9.17) is 4.74 Å². The summed E-state index contributed by atoms with van der Waals surface area (Å²) in [5.41, 5.74) is 0.883. The van der Waals surface area contributed by atoms with Crippen molar-refractivity contribution < 1.29 is 14.6 Å². The molecule has 0 spiro atoms. The van der Waals surface area contributed by atoms with Gasteiger partial charge in [-0.15, -0.1) is 0 Å². The Hall–Kier alpha value is -0.830. The highest BCUT2D eigenvalue weighted by molar-refractivity contribution is 5.97. The van der Waals surface area contributed by atoms with Crippen molar-refractivity contribution in [2.75, 3.05) is 0 Å². The maximum atomic E-state index is 11.8. The Morgan fingerprint density at radius 2 is 2.27 bits per heavy atom. The van der Waals surface area contributed by atoms with Crippen LogP contribution in [-0.4, -0.2) is 17.2 Å². The van der Waals surface area contributed by atoms with Gasteiger partial charge in [-0.2, -0.15) is 0 Å². The van der Waals surface area contributed by atoms with Gasteiger partial charge in [0.05, 0.1) is 0 Å². The summed E-state index contributed by atoms with van der Waals surface area (Å²) in [7, 11) is 0. The van der Waals surface area contributed by atoms with Gasteiger partial charge in [-0.3, -0.25) is 4.79 Å². The van der Waals surface area contributed by atoms with E-state index in [-0.39, 0.29) is 11.7 Å². The molecule has 2 aliphatic rings. The van der Waals surface area contributed by atoms with Crippen LogP contribution in [0.2, 0.25) is 0 Å². The molecule has 84 valence electrons. The first-order valence-electron chi connectivity index (χ1n) is 5.83. The van der Waals surface area contributed by atoms with Crippen molar-refractivity contribution in [3.63, 3.8) is 0 Å². The van der Waals surface area contributed by atoms with Gasteiger partial charge in [0, 0.05) is 24.8 Å². The summed E-state index contributed by atoms with van der Waals surface area (Å²) >= 11 is 0. The van der Waals surface area contributed by atoms with Crippen LogP contribution in [0.1, 0.15) is 45.4 Å². The lowest BCUT2D eigenvalue weighted by atomic mass is 9.81. The van der Waals surface area contributed by atoms with Crippen LogP contribution in [0.3, 0.4) is 0 Å². The molecule has 3 heteroatoms. The zero-order chi connectivity index (χ0) is 10.8. The number of carbonyl (C=O) groups is 1. The topological polar surface area (TPSA) is 46.5 Å². The number of ether oxygens (including phenoxy) is 1. The van der Waals surface area contributed by atoms with Crippen LogP contribution in [0, 0.1) is 5.92 Å². The first-order chi connectivity index (χ1) is 7.22. The van der Waals surface area contributed by atoms with Crippen LogP contribution >= 0.6 is 0 Å². The summed E-state index contributed by atoms with van der Waals surface area (Å²) in [6.07, 6.45) is 4.23. The van der Waals surface area contributed by atoms with Gasteiger partial charge < -0.3 is 9.84 Å². The molecule has 0 fully saturated rings. The number of carbonyl (C=O) groups excluding carboxylic acids is 1. The molecule has 0 bridgehead atoms. The largest absolute Gasteiger partial charge is 0.469 e. The molecular formula is C12H18O3. The molecule has 0 radical (unpaired) electrons. The normalized spacial score (nSPS) is 31.2. The summed E-state index contributed by atoms with van der Waals surface area (Å²) in [4.78, 5) is 11.8. The molecule has 0 saturated carbocycles. The second-order valence-electron chi connectivity index (χ2n) is 4.41. The zero-order valence-electron chi connectivity index (χ0n) is 9.16. The molecule has 2 atom stereocenters. The Bertz CT molecular complexity index is 293. The van der Waals surface area contributed by atoms with Crippen LogP contribution in [-0.2, 0) is 9.53 Å². The monoisotopic (exact) mass is 210 g/mol. The van der Waals surface area contributed by atoms with E-state index in [2.05, 4.69) is 6.92 Å². The highest BCUT2D eigenvalue weighted by Crippen LogP contribution is 2.37. The molecule has 0 saturated heterocycles. The Kier molecular flexibility index (Phi) is 3.10.